The summed E-state index contributed by atoms with van der Waals surface area (Å²) in [7, 11) is 2.00. The van der Waals surface area contributed by atoms with Crippen LogP contribution in [0.4, 0.5) is 0 Å². The van der Waals surface area contributed by atoms with Gasteiger partial charge in [0.2, 0.25) is 6.79 Å². The number of esters is 1. The van der Waals surface area contributed by atoms with Gasteiger partial charge in [-0.05, 0) is 63.1 Å². The van der Waals surface area contributed by atoms with Gasteiger partial charge in [0, 0.05) is 18.4 Å². The Hall–Kier alpha value is -3.59. The van der Waals surface area contributed by atoms with Crippen LogP contribution in [0.25, 0.3) is 6.08 Å². The summed E-state index contributed by atoms with van der Waals surface area (Å²) in [5, 5.41) is 0. The van der Waals surface area contributed by atoms with Crippen molar-refractivity contribution in [3.63, 3.8) is 0 Å². The highest BCUT2D eigenvalue weighted by Crippen LogP contribution is 2.38. The third kappa shape index (κ3) is 3.47. The number of nitrogens with zero attached hydrogens (tertiary/aromatic N) is 3. The van der Waals surface area contributed by atoms with E-state index in [1.165, 1.54) is 11.3 Å². The van der Waals surface area contributed by atoms with E-state index in [0.717, 1.165) is 22.5 Å². The quantitative estimate of drug-likeness (QED) is 0.537. The Morgan fingerprint density at radius 1 is 1.24 bits per heavy atom. The first-order valence-electron chi connectivity index (χ1n) is 11.0. The largest absolute Gasteiger partial charge is 0.463 e. The molecule has 0 radical (unpaired) electrons. The summed E-state index contributed by atoms with van der Waals surface area (Å²) in [6, 6.07) is 6.82. The molecule has 3 aromatic rings. The summed E-state index contributed by atoms with van der Waals surface area (Å²) >= 11 is 1.31. The predicted molar refractivity (Wildman–Crippen MR) is 128 cm³/mol. The lowest BCUT2D eigenvalue weighted by Crippen LogP contribution is -2.39. The van der Waals surface area contributed by atoms with Gasteiger partial charge in [0.25, 0.3) is 5.56 Å². The summed E-state index contributed by atoms with van der Waals surface area (Å²) in [5.41, 5.74) is 4.54. The van der Waals surface area contributed by atoms with E-state index in [1.54, 1.807) is 24.5 Å². The van der Waals surface area contributed by atoms with Gasteiger partial charge in [0.15, 0.2) is 16.3 Å². The van der Waals surface area contributed by atoms with Crippen molar-refractivity contribution in [3.05, 3.63) is 77.7 Å². The number of aryl methyl sites for hydroxylation is 1. The first-order chi connectivity index (χ1) is 16.3. The van der Waals surface area contributed by atoms with Crippen molar-refractivity contribution in [2.24, 2.45) is 12.0 Å². The van der Waals surface area contributed by atoms with Gasteiger partial charge >= 0.3 is 5.97 Å². The third-order valence-corrected chi connectivity index (χ3v) is 7.31. The molecule has 2 aromatic heterocycles. The zero-order chi connectivity index (χ0) is 24.1. The number of hydrogen-bond acceptors (Lipinski definition) is 7. The number of allylic oxidation sites excluding steroid dienone is 1. The smallest absolute Gasteiger partial charge is 0.338 e. The molecule has 8 nitrogen and oxygen atoms in total. The molecule has 0 bridgehead atoms. The van der Waals surface area contributed by atoms with E-state index in [-0.39, 0.29) is 19.0 Å². The van der Waals surface area contributed by atoms with Crippen LogP contribution in [0.5, 0.6) is 11.5 Å². The molecule has 34 heavy (non-hydrogen) atoms. The third-order valence-electron chi connectivity index (χ3n) is 6.33. The van der Waals surface area contributed by atoms with Crippen LogP contribution in [-0.2, 0) is 16.6 Å². The molecule has 0 unspecified atom stereocenters. The Morgan fingerprint density at radius 3 is 2.71 bits per heavy atom. The standard InChI is InChI=1S/C25H25N3O5S/c1-6-31-24(30)21-14(3)26-25-28(22(21)16-7-8-18-19(10-16)33-12-32-18)23(29)20(34-25)11-17-9-13(2)27(5)15(17)4/h7-11,22H,6,12H2,1-5H3/b20-11+/t22-/m0/s1. The van der Waals surface area contributed by atoms with E-state index in [1.807, 2.05) is 39.1 Å². The molecule has 0 fully saturated rings. The summed E-state index contributed by atoms with van der Waals surface area (Å²) in [5.74, 6) is 0.715. The first-order valence-corrected chi connectivity index (χ1v) is 11.8. The minimum Gasteiger partial charge on any atom is -0.463 e. The number of thiazole rings is 1. The Bertz CT molecular complexity index is 1540. The maximum Gasteiger partial charge on any atom is 0.338 e. The molecule has 0 spiro atoms. The fraction of sp³-hybridized carbons (Fsp3) is 0.320. The monoisotopic (exact) mass is 479 g/mol. The molecule has 0 N–H and O–H groups in total. The molecule has 0 saturated carbocycles. The number of rotatable bonds is 4. The van der Waals surface area contributed by atoms with E-state index in [4.69, 9.17) is 14.2 Å². The van der Waals surface area contributed by atoms with Crippen LogP contribution >= 0.6 is 11.3 Å². The van der Waals surface area contributed by atoms with E-state index >= 15 is 0 Å². The van der Waals surface area contributed by atoms with Crippen molar-refractivity contribution < 1.29 is 19.0 Å². The minimum absolute atomic E-state index is 0.136. The predicted octanol–water partition coefficient (Wildman–Crippen LogP) is 2.48. The molecule has 1 aromatic carbocycles. The Kier molecular flexibility index (Phi) is 5.44. The van der Waals surface area contributed by atoms with E-state index in [2.05, 4.69) is 15.6 Å². The van der Waals surface area contributed by atoms with Crippen molar-refractivity contribution in [1.29, 1.82) is 0 Å². The molecule has 1 atom stereocenters. The highest BCUT2D eigenvalue weighted by Gasteiger charge is 2.34. The molecular weight excluding hydrogens is 454 g/mol. The van der Waals surface area contributed by atoms with Crippen molar-refractivity contribution >= 4 is 23.4 Å². The lowest BCUT2D eigenvalue weighted by molar-refractivity contribution is -0.139. The second-order valence-electron chi connectivity index (χ2n) is 8.30. The van der Waals surface area contributed by atoms with Crippen LogP contribution < -0.4 is 24.4 Å². The van der Waals surface area contributed by atoms with Gasteiger partial charge in [-0.3, -0.25) is 9.36 Å². The van der Waals surface area contributed by atoms with Gasteiger partial charge in [-0.25, -0.2) is 9.79 Å². The maximum absolute atomic E-state index is 13.7. The lowest BCUT2D eigenvalue weighted by Gasteiger charge is -2.24. The highest BCUT2D eigenvalue weighted by atomic mass is 32.1. The van der Waals surface area contributed by atoms with E-state index < -0.39 is 12.0 Å². The van der Waals surface area contributed by atoms with Gasteiger partial charge in [-0.1, -0.05) is 17.4 Å². The number of carbonyl (C=O) groups is 1. The summed E-state index contributed by atoms with van der Waals surface area (Å²) in [4.78, 5) is 31.9. The molecule has 9 heteroatoms. The minimum atomic E-state index is -0.689. The van der Waals surface area contributed by atoms with Crippen LogP contribution in [0, 0.1) is 13.8 Å². The number of carbonyl (C=O) groups excluding carboxylic acids is 1. The van der Waals surface area contributed by atoms with Crippen LogP contribution in [-0.4, -0.2) is 28.5 Å². The molecule has 176 valence electrons. The SMILES string of the molecule is CCOC(=O)C1=C(C)N=c2s/c(=C/c3cc(C)n(C)c3C)c(=O)n2[C@H]1c1ccc2c(c1)OCO2. The first kappa shape index (κ1) is 22.2. The zero-order valence-electron chi connectivity index (χ0n) is 19.7. The van der Waals surface area contributed by atoms with Gasteiger partial charge in [-0.15, -0.1) is 0 Å². The molecule has 0 aliphatic carbocycles. The average Bonchev–Trinajstić information content (AvgIpc) is 3.46. The Balaban J connectivity index is 1.74. The summed E-state index contributed by atoms with van der Waals surface area (Å²) < 4.78 is 20.6. The lowest BCUT2D eigenvalue weighted by atomic mass is 9.95. The van der Waals surface area contributed by atoms with Gasteiger partial charge in [0.05, 0.1) is 28.5 Å². The molecule has 2 aliphatic rings. The molecule has 5 rings (SSSR count). The van der Waals surface area contributed by atoms with Gasteiger partial charge < -0.3 is 18.8 Å². The molecule has 2 aliphatic heterocycles. The second-order valence-corrected chi connectivity index (χ2v) is 9.31. The van der Waals surface area contributed by atoms with Crippen molar-refractivity contribution in [1.82, 2.24) is 9.13 Å². The Labute approximate surface area is 200 Å². The zero-order valence-corrected chi connectivity index (χ0v) is 20.5. The highest BCUT2D eigenvalue weighted by molar-refractivity contribution is 7.07. The number of hydrogen-bond donors (Lipinski definition) is 0. The summed E-state index contributed by atoms with van der Waals surface area (Å²) in [6.07, 6.45) is 1.90. The topological polar surface area (TPSA) is 84.1 Å². The molecule has 0 saturated heterocycles. The normalized spacial score (nSPS) is 17.1. The number of ether oxygens (including phenoxy) is 3. The van der Waals surface area contributed by atoms with Crippen LogP contribution in [0.1, 0.15) is 42.4 Å². The molecular formula is C25H25N3O5S. The van der Waals surface area contributed by atoms with E-state index in [0.29, 0.717) is 32.1 Å². The van der Waals surface area contributed by atoms with Gasteiger partial charge in [0.1, 0.15) is 0 Å². The fourth-order valence-corrected chi connectivity index (χ4v) is 5.40. The fourth-order valence-electron chi connectivity index (χ4n) is 4.36. The number of benzene rings is 1. The average molecular weight is 480 g/mol. The van der Waals surface area contributed by atoms with Crippen LogP contribution in [0.3, 0.4) is 0 Å². The maximum atomic E-state index is 13.7. The number of aromatic nitrogens is 2. The van der Waals surface area contributed by atoms with Crippen molar-refractivity contribution in [2.45, 2.75) is 33.7 Å². The van der Waals surface area contributed by atoms with Crippen molar-refractivity contribution in [2.75, 3.05) is 13.4 Å². The van der Waals surface area contributed by atoms with Crippen LogP contribution in [0.15, 0.2) is 45.3 Å². The number of fused-ring (bicyclic) bond motifs is 2. The molecule has 4 heterocycles. The van der Waals surface area contributed by atoms with Crippen molar-refractivity contribution in [3.8, 4) is 11.5 Å². The van der Waals surface area contributed by atoms with Crippen LogP contribution in [0.2, 0.25) is 0 Å². The second kappa shape index (κ2) is 8.32. The Morgan fingerprint density at radius 2 is 2.00 bits per heavy atom. The van der Waals surface area contributed by atoms with Gasteiger partial charge in [-0.2, -0.15) is 0 Å². The van der Waals surface area contributed by atoms with E-state index in [9.17, 15) is 9.59 Å². The molecule has 0 amide bonds. The summed E-state index contributed by atoms with van der Waals surface area (Å²) in [6.45, 7) is 7.93.